The zero-order chi connectivity index (χ0) is 41.2. The molecule has 0 aliphatic carbocycles. The van der Waals surface area contributed by atoms with E-state index in [0.717, 1.165) is 20.1 Å². The summed E-state index contributed by atoms with van der Waals surface area (Å²) in [6, 6.07) is 37.8. The maximum Gasteiger partial charge on any atom is 0.678 e. The highest BCUT2D eigenvalue weighted by Gasteiger charge is 2.33. The van der Waals surface area contributed by atoms with Crippen LogP contribution in [0.25, 0.3) is 33.7 Å². The fourth-order valence-corrected chi connectivity index (χ4v) is 8.35. The average Bonchev–Trinajstić information content (AvgIpc) is 4.01. The van der Waals surface area contributed by atoms with Gasteiger partial charge in [0.25, 0.3) is 0 Å². The number of rotatable bonds is 11. The molecule has 1 atom stereocenters. The molecule has 0 radical (unpaired) electrons. The number of aliphatic imine (C=N–C) groups is 2. The van der Waals surface area contributed by atoms with Crippen molar-refractivity contribution in [1.29, 1.82) is 0 Å². The Bertz CT molecular complexity index is 2760. The first-order chi connectivity index (χ1) is 28.6. The molecule has 0 spiro atoms. The van der Waals surface area contributed by atoms with E-state index in [2.05, 4.69) is 0 Å². The first kappa shape index (κ1) is 40.3. The molecule has 14 heteroatoms. The van der Waals surface area contributed by atoms with Gasteiger partial charge in [-0.1, -0.05) is 186 Å². The molecule has 4 aromatic carbocycles. The predicted octanol–water partition coefficient (Wildman–Crippen LogP) is 13.4. The fourth-order valence-electron chi connectivity index (χ4n) is 7.21. The number of halogens is 8. The summed E-state index contributed by atoms with van der Waals surface area (Å²) < 4.78 is 62.9. The molecular formula is C45H28B2Cl4F4N4. The van der Waals surface area contributed by atoms with Crippen molar-refractivity contribution in [1.82, 2.24) is 8.96 Å². The highest BCUT2D eigenvalue weighted by Crippen LogP contribution is 2.41. The van der Waals surface area contributed by atoms with Gasteiger partial charge in [0, 0.05) is 33.7 Å². The van der Waals surface area contributed by atoms with Crippen molar-refractivity contribution in [2.45, 2.75) is 6.04 Å². The lowest BCUT2D eigenvalue weighted by molar-refractivity contribution is 0.628. The van der Waals surface area contributed by atoms with Crippen LogP contribution in [0.4, 0.5) is 17.3 Å². The Balaban J connectivity index is 1.35. The second-order valence-electron chi connectivity index (χ2n) is 13.4. The number of hydrogen-bond acceptors (Lipinski definition) is 2. The van der Waals surface area contributed by atoms with Gasteiger partial charge in [0.2, 0.25) is 0 Å². The molecule has 8 rings (SSSR count). The van der Waals surface area contributed by atoms with E-state index < -0.39 is 20.8 Å². The second kappa shape index (κ2) is 17.4. The summed E-state index contributed by atoms with van der Waals surface area (Å²) in [5.41, 5.74) is 4.48. The largest absolute Gasteiger partial charge is 0.678 e. The Morgan fingerprint density at radius 2 is 1.03 bits per heavy atom. The maximum absolute atomic E-state index is 15.3. The third kappa shape index (κ3) is 8.10. The molecule has 6 aromatic rings. The van der Waals surface area contributed by atoms with Crippen molar-refractivity contribution in [2.24, 2.45) is 9.98 Å². The van der Waals surface area contributed by atoms with Gasteiger partial charge in [0.15, 0.2) is 0 Å². The number of aromatic nitrogens is 2. The molecule has 290 valence electrons. The van der Waals surface area contributed by atoms with Crippen LogP contribution >= 0.6 is 46.4 Å². The van der Waals surface area contributed by atoms with Crippen LogP contribution in [0.15, 0.2) is 190 Å². The minimum Gasteiger partial charge on any atom is -0.324 e. The van der Waals surface area contributed by atoms with E-state index in [1.165, 1.54) is 12.1 Å². The Morgan fingerprint density at radius 3 is 1.54 bits per heavy atom. The Kier molecular flexibility index (Phi) is 11.9. The SMILES string of the molecule is FB(F)n1c(C(/C=C/C=C(/c2cc(Cl)c(-c3ccccc3)n2B(F)F)C2C=C(Cl)C(c3ccccc3)=N2)=C2/C=C(Cl)C(c3ccccc3)=N2)cc(Cl)c1-c1ccccc1. The normalized spacial score (nSPS) is 16.3. The summed E-state index contributed by atoms with van der Waals surface area (Å²) >= 11 is 27.1. The Labute approximate surface area is 358 Å². The van der Waals surface area contributed by atoms with Crippen molar-refractivity contribution < 1.29 is 17.3 Å². The standard InChI is InChI=1S/C45H28B2Cl4F4N4/c48-34-24-38(56-42(34)28-14-5-1-6-15-28)32(40-26-36(50)44(58(40)46(52)53)30-18-9-3-10-19-30)22-13-23-33(39-25-35(49)43(57-39)29-16-7-2-8-17-29)41-27-37(51)45(59(41)47(54)55)31-20-11-4-12-21-31/h1-27,38H/b23-13+,32-22+,39-33-. The maximum atomic E-state index is 15.3. The molecule has 0 fully saturated rings. The number of benzene rings is 4. The molecule has 2 aliphatic rings. The minimum absolute atomic E-state index is 0.0439. The molecule has 0 saturated carbocycles. The van der Waals surface area contributed by atoms with E-state index in [1.54, 1.807) is 91.0 Å². The average molecular weight is 864 g/mol. The molecular weight excluding hydrogens is 836 g/mol. The number of nitrogens with zero attached hydrogens (tertiary/aromatic N) is 4. The minimum atomic E-state index is -3.02. The molecule has 1 unspecified atom stereocenters. The summed E-state index contributed by atoms with van der Waals surface area (Å²) in [5.74, 6) is 0. The summed E-state index contributed by atoms with van der Waals surface area (Å²) in [4.78, 5) is 9.74. The Morgan fingerprint density at radius 1 is 0.576 bits per heavy atom. The van der Waals surface area contributed by atoms with Crippen molar-refractivity contribution in [3.05, 3.63) is 212 Å². The molecule has 4 nitrogen and oxygen atoms in total. The van der Waals surface area contributed by atoms with Gasteiger partial charge >= 0.3 is 14.8 Å². The van der Waals surface area contributed by atoms with Crippen LogP contribution in [0.3, 0.4) is 0 Å². The lowest BCUT2D eigenvalue weighted by Crippen LogP contribution is -2.19. The highest BCUT2D eigenvalue weighted by atomic mass is 35.5. The van der Waals surface area contributed by atoms with Gasteiger partial charge in [-0.05, 0) is 35.4 Å². The molecule has 0 bridgehead atoms. The number of hydrogen-bond donors (Lipinski definition) is 0. The molecule has 0 saturated heterocycles. The van der Waals surface area contributed by atoms with Gasteiger partial charge in [0.1, 0.15) is 0 Å². The third-order valence-corrected chi connectivity index (χ3v) is 11.0. The summed E-state index contributed by atoms with van der Waals surface area (Å²) in [6.07, 6.45) is 8.01. The Hall–Kier alpha value is -5.51. The van der Waals surface area contributed by atoms with Crippen LogP contribution in [0.5, 0.6) is 0 Å². The van der Waals surface area contributed by atoms with E-state index in [9.17, 15) is 0 Å². The van der Waals surface area contributed by atoms with Crippen molar-refractivity contribution in [2.75, 3.05) is 0 Å². The van der Waals surface area contributed by atoms with E-state index in [4.69, 9.17) is 56.4 Å². The molecule has 2 aromatic heterocycles. The molecule has 59 heavy (non-hydrogen) atoms. The lowest BCUT2D eigenvalue weighted by atomic mass is 10.0. The van der Waals surface area contributed by atoms with Crippen molar-refractivity contribution >= 4 is 83.8 Å². The zero-order valence-corrected chi connectivity index (χ0v) is 33.7. The van der Waals surface area contributed by atoms with Crippen LogP contribution < -0.4 is 0 Å². The zero-order valence-electron chi connectivity index (χ0n) is 30.6. The van der Waals surface area contributed by atoms with Gasteiger partial charge in [-0.25, -0.2) is 4.99 Å². The fraction of sp³-hybridized carbons (Fsp3) is 0.0222. The van der Waals surface area contributed by atoms with Gasteiger partial charge in [-0.2, -0.15) is 0 Å². The molecule has 4 heterocycles. The molecule has 0 amide bonds. The smallest absolute Gasteiger partial charge is 0.324 e. The van der Waals surface area contributed by atoms with Gasteiger partial charge in [-0.3, -0.25) is 22.3 Å². The van der Waals surface area contributed by atoms with Gasteiger partial charge in [-0.15, -0.1) is 0 Å². The lowest BCUT2D eigenvalue weighted by Gasteiger charge is -2.16. The van der Waals surface area contributed by atoms with Crippen LogP contribution in [0.2, 0.25) is 10.0 Å². The van der Waals surface area contributed by atoms with Gasteiger partial charge in [0.05, 0.1) is 54.7 Å². The topological polar surface area (TPSA) is 34.6 Å². The highest BCUT2D eigenvalue weighted by molar-refractivity contribution is 6.48. The first-order valence-electron chi connectivity index (χ1n) is 18.2. The third-order valence-electron chi connectivity index (χ3n) is 9.78. The van der Waals surface area contributed by atoms with Crippen molar-refractivity contribution in [3.63, 3.8) is 0 Å². The summed E-state index contributed by atoms with van der Waals surface area (Å²) in [5, 5.41) is 0.802. The van der Waals surface area contributed by atoms with Crippen molar-refractivity contribution in [3.8, 4) is 22.5 Å². The predicted molar refractivity (Wildman–Crippen MR) is 238 cm³/mol. The van der Waals surface area contributed by atoms with E-state index in [0.29, 0.717) is 38.2 Å². The van der Waals surface area contributed by atoms with Gasteiger partial charge < -0.3 is 8.96 Å². The monoisotopic (exact) mass is 862 g/mol. The number of allylic oxidation sites excluding steroid dienone is 7. The summed E-state index contributed by atoms with van der Waals surface area (Å²) in [6.45, 7) is 0. The summed E-state index contributed by atoms with van der Waals surface area (Å²) in [7, 11) is -6.04. The first-order valence-corrected chi connectivity index (χ1v) is 19.8. The van der Waals surface area contributed by atoms with E-state index in [-0.39, 0.29) is 44.1 Å². The van der Waals surface area contributed by atoms with Crippen LogP contribution in [-0.2, 0) is 0 Å². The van der Waals surface area contributed by atoms with E-state index >= 15 is 17.3 Å². The quantitative estimate of drug-likeness (QED) is 0.0707. The second-order valence-corrected chi connectivity index (χ2v) is 15.0. The van der Waals surface area contributed by atoms with Crippen LogP contribution in [0.1, 0.15) is 22.5 Å². The van der Waals surface area contributed by atoms with E-state index in [1.807, 2.05) is 60.7 Å². The molecule has 0 N–H and O–H groups in total. The van der Waals surface area contributed by atoms with Crippen LogP contribution in [0, 0.1) is 0 Å². The van der Waals surface area contributed by atoms with Crippen LogP contribution in [-0.4, -0.2) is 41.2 Å². The molecule has 2 aliphatic heterocycles.